The Bertz CT molecular complexity index is 717. The lowest BCUT2D eigenvalue weighted by atomic mass is 10.1. The number of rotatable bonds is 5. The molecule has 1 heterocycles. The van der Waals surface area contributed by atoms with Gasteiger partial charge in [0.1, 0.15) is 0 Å². The second-order valence-electron chi connectivity index (χ2n) is 6.01. The Kier molecular flexibility index (Phi) is 4.50. The Morgan fingerprint density at radius 3 is 2.78 bits per heavy atom. The van der Waals surface area contributed by atoms with Crippen molar-refractivity contribution >= 4 is 22.9 Å². The highest BCUT2D eigenvalue weighted by atomic mass is 16.4. The van der Waals surface area contributed by atoms with Gasteiger partial charge in [-0.05, 0) is 43.0 Å². The number of nitrogens with one attached hydrogen (secondary N) is 3. The SMILES string of the molecule is O=C(O)NCCc1c[nH]c2ccc(C(=O)NC3CCCC3)cc12. The zero-order valence-electron chi connectivity index (χ0n) is 12.9. The maximum atomic E-state index is 12.4. The van der Waals surface area contributed by atoms with Crippen molar-refractivity contribution in [3.8, 4) is 0 Å². The molecule has 1 aromatic heterocycles. The van der Waals surface area contributed by atoms with Gasteiger partial charge in [0.05, 0.1) is 0 Å². The van der Waals surface area contributed by atoms with Gasteiger partial charge in [0, 0.05) is 35.2 Å². The Morgan fingerprint density at radius 2 is 2.04 bits per heavy atom. The van der Waals surface area contributed by atoms with Crippen molar-refractivity contribution in [3.05, 3.63) is 35.5 Å². The molecule has 3 rings (SSSR count). The van der Waals surface area contributed by atoms with Crippen molar-refractivity contribution in [2.75, 3.05) is 6.54 Å². The third-order valence-corrected chi connectivity index (χ3v) is 4.39. The molecule has 1 aliphatic rings. The second-order valence-corrected chi connectivity index (χ2v) is 6.01. The molecule has 4 N–H and O–H groups in total. The van der Waals surface area contributed by atoms with E-state index in [2.05, 4.69) is 15.6 Å². The summed E-state index contributed by atoms with van der Waals surface area (Å²) in [5, 5.41) is 15.1. The highest BCUT2D eigenvalue weighted by molar-refractivity contribution is 5.99. The van der Waals surface area contributed by atoms with Gasteiger partial charge in [-0.2, -0.15) is 0 Å². The van der Waals surface area contributed by atoms with E-state index in [1.165, 1.54) is 12.8 Å². The van der Waals surface area contributed by atoms with Crippen molar-refractivity contribution in [2.24, 2.45) is 0 Å². The fourth-order valence-corrected chi connectivity index (χ4v) is 3.17. The minimum Gasteiger partial charge on any atom is -0.465 e. The number of H-pyrrole nitrogens is 1. The molecule has 0 saturated heterocycles. The zero-order valence-corrected chi connectivity index (χ0v) is 12.9. The molecule has 6 nitrogen and oxygen atoms in total. The molecule has 0 atom stereocenters. The summed E-state index contributed by atoms with van der Waals surface area (Å²) < 4.78 is 0. The summed E-state index contributed by atoms with van der Waals surface area (Å²) in [4.78, 5) is 26.1. The highest BCUT2D eigenvalue weighted by Crippen LogP contribution is 2.22. The number of aromatic amines is 1. The van der Waals surface area contributed by atoms with Gasteiger partial charge in [0.2, 0.25) is 0 Å². The molecular weight excluding hydrogens is 294 g/mol. The van der Waals surface area contributed by atoms with Crippen LogP contribution in [0.3, 0.4) is 0 Å². The predicted molar refractivity (Wildman–Crippen MR) is 87.8 cm³/mol. The van der Waals surface area contributed by atoms with E-state index in [9.17, 15) is 9.59 Å². The third kappa shape index (κ3) is 3.64. The van der Waals surface area contributed by atoms with Crippen LogP contribution in [-0.4, -0.2) is 34.7 Å². The first-order chi connectivity index (χ1) is 11.1. The van der Waals surface area contributed by atoms with E-state index >= 15 is 0 Å². The Balaban J connectivity index is 1.74. The molecule has 2 amide bonds. The van der Waals surface area contributed by atoms with Gasteiger partial charge < -0.3 is 20.7 Å². The molecular formula is C17H21N3O3. The summed E-state index contributed by atoms with van der Waals surface area (Å²) in [6.45, 7) is 0.348. The number of amides is 2. The average molecular weight is 315 g/mol. The predicted octanol–water partition coefficient (Wildman–Crippen LogP) is 2.65. The molecule has 0 unspecified atom stereocenters. The number of aromatic nitrogens is 1. The molecule has 122 valence electrons. The van der Waals surface area contributed by atoms with Crippen LogP contribution < -0.4 is 10.6 Å². The van der Waals surface area contributed by atoms with Crippen LogP contribution in [0.5, 0.6) is 0 Å². The van der Waals surface area contributed by atoms with E-state index < -0.39 is 6.09 Å². The molecule has 23 heavy (non-hydrogen) atoms. The summed E-state index contributed by atoms with van der Waals surface area (Å²) in [5.41, 5.74) is 2.61. The van der Waals surface area contributed by atoms with Crippen molar-refractivity contribution in [1.82, 2.24) is 15.6 Å². The van der Waals surface area contributed by atoms with Crippen molar-refractivity contribution < 1.29 is 14.7 Å². The number of carbonyl (C=O) groups is 2. The number of benzene rings is 1. The minimum atomic E-state index is -1.03. The Hall–Kier alpha value is -2.50. The van der Waals surface area contributed by atoms with Crippen LogP contribution in [-0.2, 0) is 6.42 Å². The van der Waals surface area contributed by atoms with Crippen LogP contribution in [0.2, 0.25) is 0 Å². The van der Waals surface area contributed by atoms with E-state index in [0.29, 0.717) is 24.6 Å². The number of carboxylic acid groups (broad SMARTS) is 1. The molecule has 0 aliphatic heterocycles. The molecule has 0 spiro atoms. The number of hydrogen-bond acceptors (Lipinski definition) is 2. The maximum absolute atomic E-state index is 12.4. The van der Waals surface area contributed by atoms with Gasteiger partial charge in [-0.1, -0.05) is 12.8 Å². The third-order valence-electron chi connectivity index (χ3n) is 4.39. The van der Waals surface area contributed by atoms with Crippen LogP contribution in [0.25, 0.3) is 10.9 Å². The van der Waals surface area contributed by atoms with Gasteiger partial charge >= 0.3 is 6.09 Å². The van der Waals surface area contributed by atoms with Crippen molar-refractivity contribution in [3.63, 3.8) is 0 Å². The lowest BCUT2D eigenvalue weighted by molar-refractivity contribution is 0.0938. The summed E-state index contributed by atoms with van der Waals surface area (Å²) in [5.74, 6) is -0.0328. The summed E-state index contributed by atoms with van der Waals surface area (Å²) in [6.07, 6.45) is 5.91. The molecule has 2 aromatic rings. The summed E-state index contributed by atoms with van der Waals surface area (Å²) in [6, 6.07) is 5.89. The van der Waals surface area contributed by atoms with E-state index in [-0.39, 0.29) is 5.91 Å². The Labute approximate surface area is 134 Å². The van der Waals surface area contributed by atoms with E-state index in [4.69, 9.17) is 5.11 Å². The summed E-state index contributed by atoms with van der Waals surface area (Å²) >= 11 is 0. The summed E-state index contributed by atoms with van der Waals surface area (Å²) in [7, 11) is 0. The normalized spacial score (nSPS) is 15.0. The van der Waals surface area contributed by atoms with Gasteiger partial charge in [-0.3, -0.25) is 4.79 Å². The van der Waals surface area contributed by atoms with E-state index in [1.807, 2.05) is 24.4 Å². The number of carbonyl (C=O) groups excluding carboxylic acids is 1. The topological polar surface area (TPSA) is 94.2 Å². The standard InChI is InChI=1S/C17H21N3O3/c21-16(20-13-3-1-2-4-13)11-5-6-15-14(9-11)12(10-19-15)7-8-18-17(22)23/h5-6,9-10,13,18-19H,1-4,7-8H2,(H,20,21)(H,22,23). The smallest absolute Gasteiger partial charge is 0.404 e. The quantitative estimate of drug-likeness (QED) is 0.683. The molecule has 1 aliphatic carbocycles. The molecule has 1 fully saturated rings. The first kappa shape index (κ1) is 15.4. The lowest BCUT2D eigenvalue weighted by Gasteiger charge is -2.12. The van der Waals surface area contributed by atoms with Crippen LogP contribution in [0.15, 0.2) is 24.4 Å². The average Bonchev–Trinajstić information content (AvgIpc) is 3.16. The van der Waals surface area contributed by atoms with Gasteiger partial charge in [-0.15, -0.1) is 0 Å². The number of hydrogen-bond donors (Lipinski definition) is 4. The highest BCUT2D eigenvalue weighted by Gasteiger charge is 2.18. The lowest BCUT2D eigenvalue weighted by Crippen LogP contribution is -2.32. The van der Waals surface area contributed by atoms with Crippen molar-refractivity contribution in [2.45, 2.75) is 38.1 Å². The van der Waals surface area contributed by atoms with Gasteiger partial charge in [-0.25, -0.2) is 4.79 Å². The first-order valence-electron chi connectivity index (χ1n) is 8.01. The molecule has 6 heteroatoms. The molecule has 1 aromatic carbocycles. The Morgan fingerprint density at radius 1 is 1.26 bits per heavy atom. The first-order valence-corrected chi connectivity index (χ1v) is 8.01. The number of fused-ring (bicyclic) bond motifs is 1. The molecule has 0 bridgehead atoms. The molecule has 0 radical (unpaired) electrons. The van der Waals surface area contributed by atoms with Crippen LogP contribution >= 0.6 is 0 Å². The van der Waals surface area contributed by atoms with Crippen LogP contribution in [0, 0.1) is 0 Å². The van der Waals surface area contributed by atoms with E-state index in [1.54, 1.807) is 0 Å². The van der Waals surface area contributed by atoms with E-state index in [0.717, 1.165) is 29.3 Å². The van der Waals surface area contributed by atoms with Gasteiger partial charge in [0.25, 0.3) is 5.91 Å². The van der Waals surface area contributed by atoms with Crippen LogP contribution in [0.4, 0.5) is 4.79 Å². The molecule has 1 saturated carbocycles. The fourth-order valence-electron chi connectivity index (χ4n) is 3.17. The van der Waals surface area contributed by atoms with Crippen LogP contribution in [0.1, 0.15) is 41.6 Å². The van der Waals surface area contributed by atoms with Gasteiger partial charge in [0.15, 0.2) is 0 Å². The minimum absolute atomic E-state index is 0.0328. The largest absolute Gasteiger partial charge is 0.465 e. The fraction of sp³-hybridized carbons (Fsp3) is 0.412. The maximum Gasteiger partial charge on any atom is 0.404 e. The second kappa shape index (κ2) is 6.73. The monoisotopic (exact) mass is 315 g/mol. The zero-order chi connectivity index (χ0) is 16.2. The van der Waals surface area contributed by atoms with Crippen molar-refractivity contribution in [1.29, 1.82) is 0 Å².